The number of carboxylic acids is 1. The van der Waals surface area contributed by atoms with E-state index in [0.29, 0.717) is 6.42 Å². The van der Waals surface area contributed by atoms with Crippen molar-refractivity contribution in [2.45, 2.75) is 12.5 Å². The second kappa shape index (κ2) is 5.69. The molecule has 0 bridgehead atoms. The first kappa shape index (κ1) is 15.5. The number of carbonyl (C=O) groups is 1. The minimum atomic E-state index is -0.967. The van der Waals surface area contributed by atoms with Gasteiger partial charge in [0.2, 0.25) is 0 Å². The van der Waals surface area contributed by atoms with Gasteiger partial charge in [-0.1, -0.05) is 54.6 Å². The molecule has 4 aromatic rings. The molecule has 0 aliphatic heterocycles. The van der Waals surface area contributed by atoms with Crippen molar-refractivity contribution in [1.29, 1.82) is 0 Å². The van der Waals surface area contributed by atoms with Crippen LogP contribution in [0.25, 0.3) is 32.3 Å². The van der Waals surface area contributed by atoms with Crippen LogP contribution in [-0.2, 0) is 11.2 Å². The SMILES string of the molecule is Cl.N[C@H](Cc1ccc2ccc3cccc4ccc1c2c34)C(=O)O. The van der Waals surface area contributed by atoms with E-state index in [1.54, 1.807) is 0 Å². The van der Waals surface area contributed by atoms with E-state index in [0.717, 1.165) is 10.9 Å². The molecule has 0 aromatic heterocycles. The highest BCUT2D eigenvalue weighted by Gasteiger charge is 2.16. The summed E-state index contributed by atoms with van der Waals surface area (Å²) in [5.41, 5.74) is 6.71. The number of nitrogens with two attached hydrogens (primary N) is 1. The van der Waals surface area contributed by atoms with Gasteiger partial charge in [0.15, 0.2) is 0 Å². The number of hydrogen-bond acceptors (Lipinski definition) is 2. The Morgan fingerprint density at radius 1 is 0.913 bits per heavy atom. The van der Waals surface area contributed by atoms with Crippen molar-refractivity contribution in [3.8, 4) is 0 Å². The topological polar surface area (TPSA) is 63.3 Å². The van der Waals surface area contributed by atoms with Crippen LogP contribution in [0.15, 0.2) is 54.6 Å². The van der Waals surface area contributed by atoms with E-state index in [2.05, 4.69) is 48.5 Å². The standard InChI is InChI=1S/C19H15NO2.ClH/c20-16(19(21)22)10-14-7-6-13-5-4-11-2-1-3-12-8-9-15(14)18(13)17(11)12;/h1-9,16H,10,20H2,(H,21,22);1H/t16-;/m1./s1. The van der Waals surface area contributed by atoms with Gasteiger partial charge in [0.1, 0.15) is 6.04 Å². The molecule has 0 spiro atoms. The minimum Gasteiger partial charge on any atom is -0.480 e. The lowest BCUT2D eigenvalue weighted by Crippen LogP contribution is -2.32. The molecule has 116 valence electrons. The molecule has 4 aromatic carbocycles. The van der Waals surface area contributed by atoms with Crippen LogP contribution in [0.1, 0.15) is 5.56 Å². The lowest BCUT2D eigenvalue weighted by atomic mass is 9.90. The summed E-state index contributed by atoms with van der Waals surface area (Å²) in [6.07, 6.45) is 0.337. The summed E-state index contributed by atoms with van der Waals surface area (Å²) < 4.78 is 0. The number of rotatable bonds is 3. The Morgan fingerprint density at radius 3 is 2.13 bits per heavy atom. The summed E-state index contributed by atoms with van der Waals surface area (Å²) in [5.74, 6) is -0.967. The molecule has 4 heteroatoms. The van der Waals surface area contributed by atoms with E-state index >= 15 is 0 Å². The van der Waals surface area contributed by atoms with Crippen molar-refractivity contribution in [2.24, 2.45) is 5.73 Å². The third-order valence-electron chi connectivity index (χ3n) is 4.38. The number of halogens is 1. The van der Waals surface area contributed by atoms with Crippen molar-refractivity contribution in [3.63, 3.8) is 0 Å². The van der Waals surface area contributed by atoms with Crippen LogP contribution >= 0.6 is 12.4 Å². The van der Waals surface area contributed by atoms with Gasteiger partial charge < -0.3 is 10.8 Å². The zero-order valence-corrected chi connectivity index (χ0v) is 13.1. The molecule has 0 unspecified atom stereocenters. The third kappa shape index (κ3) is 2.38. The van der Waals surface area contributed by atoms with Gasteiger partial charge in [-0.25, -0.2) is 0 Å². The van der Waals surface area contributed by atoms with Crippen LogP contribution in [0.3, 0.4) is 0 Å². The van der Waals surface area contributed by atoms with E-state index in [4.69, 9.17) is 10.8 Å². The van der Waals surface area contributed by atoms with Gasteiger partial charge in [0.05, 0.1) is 0 Å². The van der Waals surface area contributed by atoms with Gasteiger partial charge in [-0.3, -0.25) is 4.79 Å². The fourth-order valence-electron chi connectivity index (χ4n) is 3.30. The van der Waals surface area contributed by atoms with Gasteiger partial charge in [0, 0.05) is 0 Å². The Labute approximate surface area is 139 Å². The van der Waals surface area contributed by atoms with Gasteiger partial charge in [-0.05, 0) is 44.3 Å². The highest BCUT2D eigenvalue weighted by atomic mass is 35.5. The second-order valence-corrected chi connectivity index (χ2v) is 5.73. The summed E-state index contributed by atoms with van der Waals surface area (Å²) >= 11 is 0. The summed E-state index contributed by atoms with van der Waals surface area (Å²) in [4.78, 5) is 11.0. The molecule has 23 heavy (non-hydrogen) atoms. The molecule has 0 saturated carbocycles. The summed E-state index contributed by atoms with van der Waals surface area (Å²) in [5, 5.41) is 16.2. The molecule has 0 aliphatic rings. The van der Waals surface area contributed by atoms with Crippen molar-refractivity contribution in [3.05, 3.63) is 60.2 Å². The molecule has 4 rings (SSSR count). The third-order valence-corrected chi connectivity index (χ3v) is 4.38. The number of aliphatic carboxylic acids is 1. The van der Waals surface area contributed by atoms with Gasteiger partial charge in [-0.2, -0.15) is 0 Å². The Kier molecular flexibility index (Phi) is 3.84. The molecule has 0 fully saturated rings. The first-order valence-corrected chi connectivity index (χ1v) is 7.29. The smallest absolute Gasteiger partial charge is 0.320 e. The van der Waals surface area contributed by atoms with Crippen LogP contribution in [0.4, 0.5) is 0 Å². The first-order valence-electron chi connectivity index (χ1n) is 7.29. The molecule has 0 radical (unpaired) electrons. The lowest BCUT2D eigenvalue weighted by molar-refractivity contribution is -0.138. The van der Waals surface area contributed by atoms with Crippen LogP contribution in [-0.4, -0.2) is 17.1 Å². The van der Waals surface area contributed by atoms with Crippen LogP contribution in [0, 0.1) is 0 Å². The highest BCUT2D eigenvalue weighted by molar-refractivity contribution is 6.23. The molecule has 0 saturated heterocycles. The molecule has 0 amide bonds. The maximum atomic E-state index is 11.0. The maximum Gasteiger partial charge on any atom is 0.320 e. The molecular formula is C19H16ClNO2. The molecule has 0 heterocycles. The van der Waals surface area contributed by atoms with Gasteiger partial charge >= 0.3 is 5.97 Å². The fourth-order valence-corrected chi connectivity index (χ4v) is 3.30. The van der Waals surface area contributed by atoms with E-state index in [1.165, 1.54) is 26.9 Å². The van der Waals surface area contributed by atoms with Crippen molar-refractivity contribution in [2.75, 3.05) is 0 Å². The molecule has 3 nitrogen and oxygen atoms in total. The van der Waals surface area contributed by atoms with Gasteiger partial charge in [0.25, 0.3) is 0 Å². The number of carboxylic acid groups (broad SMARTS) is 1. The highest BCUT2D eigenvalue weighted by Crippen LogP contribution is 2.36. The quantitative estimate of drug-likeness (QED) is 0.560. The molecular weight excluding hydrogens is 310 g/mol. The van der Waals surface area contributed by atoms with Crippen LogP contribution in [0.5, 0.6) is 0 Å². The summed E-state index contributed by atoms with van der Waals surface area (Å²) in [6, 6.07) is 17.9. The Hall–Kier alpha value is -2.36. The van der Waals surface area contributed by atoms with Crippen LogP contribution < -0.4 is 5.73 Å². The average Bonchev–Trinajstić information content (AvgIpc) is 2.53. The monoisotopic (exact) mass is 325 g/mol. The normalized spacial score (nSPS) is 12.6. The Balaban J connectivity index is 0.00000156. The second-order valence-electron chi connectivity index (χ2n) is 5.73. The molecule has 0 aliphatic carbocycles. The Bertz CT molecular complexity index is 996. The number of benzene rings is 4. The maximum absolute atomic E-state index is 11.0. The van der Waals surface area contributed by atoms with Crippen molar-refractivity contribution in [1.82, 2.24) is 0 Å². The van der Waals surface area contributed by atoms with Crippen molar-refractivity contribution >= 4 is 50.7 Å². The van der Waals surface area contributed by atoms with Gasteiger partial charge in [-0.15, -0.1) is 12.4 Å². The zero-order valence-electron chi connectivity index (χ0n) is 12.3. The largest absolute Gasteiger partial charge is 0.480 e. The zero-order chi connectivity index (χ0) is 15.3. The average molecular weight is 326 g/mol. The fraction of sp³-hybridized carbons (Fsp3) is 0.105. The predicted octanol–water partition coefficient (Wildman–Crippen LogP) is 3.96. The first-order chi connectivity index (χ1) is 10.6. The summed E-state index contributed by atoms with van der Waals surface area (Å²) in [7, 11) is 0. The minimum absolute atomic E-state index is 0. The molecule has 1 atom stereocenters. The lowest BCUT2D eigenvalue weighted by Gasteiger charge is -2.15. The predicted molar refractivity (Wildman–Crippen MR) is 96.7 cm³/mol. The number of hydrogen-bond donors (Lipinski definition) is 2. The summed E-state index contributed by atoms with van der Waals surface area (Å²) in [6.45, 7) is 0. The van der Waals surface area contributed by atoms with E-state index in [1.807, 2.05) is 6.07 Å². The van der Waals surface area contributed by atoms with E-state index in [9.17, 15) is 4.79 Å². The Morgan fingerprint density at radius 2 is 1.48 bits per heavy atom. The van der Waals surface area contributed by atoms with E-state index < -0.39 is 12.0 Å². The van der Waals surface area contributed by atoms with E-state index in [-0.39, 0.29) is 12.4 Å². The molecule has 3 N–H and O–H groups in total. The van der Waals surface area contributed by atoms with Crippen molar-refractivity contribution < 1.29 is 9.90 Å². The van der Waals surface area contributed by atoms with Crippen LogP contribution in [0.2, 0.25) is 0 Å².